The lowest BCUT2D eigenvalue weighted by Gasteiger charge is -2.01. The first-order valence-electron chi connectivity index (χ1n) is 4.35. The van der Waals surface area contributed by atoms with Gasteiger partial charge in [-0.15, -0.1) is 0 Å². The third-order valence-corrected chi connectivity index (χ3v) is 1.99. The molecule has 2 heteroatoms. The Labute approximate surface area is 82.2 Å². The van der Waals surface area contributed by atoms with Gasteiger partial charge in [-0.3, -0.25) is 0 Å². The van der Waals surface area contributed by atoms with Crippen LogP contribution in [0.15, 0.2) is 36.5 Å². The molecular formula is C12H9FN. The number of benzene rings is 1. The molecule has 2 rings (SSSR count). The van der Waals surface area contributed by atoms with Gasteiger partial charge in [-0.05, 0) is 42.3 Å². The van der Waals surface area contributed by atoms with Crippen molar-refractivity contribution in [3.8, 4) is 11.1 Å². The average Bonchev–Trinajstić information content (AvgIpc) is 2.19. The molecule has 0 amide bonds. The maximum atomic E-state index is 12.6. The molecule has 0 saturated carbocycles. The number of hydrogen-bond acceptors (Lipinski definition) is 1. The standard InChI is InChI=1S/C12H9FN/c1-9-3-2-4-10(7-9)11-5-6-12(13)14-8-11/h3-8H,1H3. The highest BCUT2D eigenvalue weighted by atomic mass is 19.1. The Kier molecular flexibility index (Phi) is 2.27. The summed E-state index contributed by atoms with van der Waals surface area (Å²) in [6.07, 6.45) is 1.53. The van der Waals surface area contributed by atoms with E-state index in [1.54, 1.807) is 6.07 Å². The van der Waals surface area contributed by atoms with Crippen LogP contribution >= 0.6 is 0 Å². The lowest BCUT2D eigenvalue weighted by Crippen LogP contribution is -1.84. The van der Waals surface area contributed by atoms with Crippen LogP contribution in [-0.4, -0.2) is 4.98 Å². The van der Waals surface area contributed by atoms with Crippen molar-refractivity contribution in [2.45, 2.75) is 6.92 Å². The minimum absolute atomic E-state index is 0.453. The van der Waals surface area contributed by atoms with Crippen LogP contribution < -0.4 is 0 Å². The van der Waals surface area contributed by atoms with Gasteiger partial charge in [-0.25, -0.2) is 4.98 Å². The van der Waals surface area contributed by atoms with Gasteiger partial charge in [0.1, 0.15) is 0 Å². The summed E-state index contributed by atoms with van der Waals surface area (Å²) in [5.74, 6) is -0.453. The van der Waals surface area contributed by atoms with Crippen LogP contribution in [0.5, 0.6) is 0 Å². The average molecular weight is 186 g/mol. The first-order chi connectivity index (χ1) is 6.75. The van der Waals surface area contributed by atoms with Crippen LogP contribution in [-0.2, 0) is 0 Å². The molecule has 0 unspecified atom stereocenters. The highest BCUT2D eigenvalue weighted by molar-refractivity contribution is 5.62. The summed E-state index contributed by atoms with van der Waals surface area (Å²) in [5, 5.41) is 0. The highest BCUT2D eigenvalue weighted by Crippen LogP contribution is 2.18. The summed E-state index contributed by atoms with van der Waals surface area (Å²) in [5.41, 5.74) is 3.05. The second-order valence-corrected chi connectivity index (χ2v) is 3.17. The van der Waals surface area contributed by atoms with Crippen molar-refractivity contribution in [2.24, 2.45) is 0 Å². The Balaban J connectivity index is 2.44. The summed E-state index contributed by atoms with van der Waals surface area (Å²) in [7, 11) is 0. The highest BCUT2D eigenvalue weighted by Gasteiger charge is 1.98. The van der Waals surface area contributed by atoms with E-state index >= 15 is 0 Å². The lowest BCUT2D eigenvalue weighted by atomic mass is 10.1. The number of pyridine rings is 1. The topological polar surface area (TPSA) is 12.9 Å². The van der Waals surface area contributed by atoms with Gasteiger partial charge in [0.2, 0.25) is 5.95 Å². The Morgan fingerprint density at radius 3 is 2.71 bits per heavy atom. The van der Waals surface area contributed by atoms with Gasteiger partial charge in [0.25, 0.3) is 0 Å². The predicted octanol–water partition coefficient (Wildman–Crippen LogP) is 3.00. The van der Waals surface area contributed by atoms with E-state index in [-0.39, 0.29) is 0 Å². The van der Waals surface area contributed by atoms with E-state index in [1.807, 2.05) is 25.1 Å². The van der Waals surface area contributed by atoms with Crippen LogP contribution in [0.3, 0.4) is 0 Å². The van der Waals surface area contributed by atoms with Crippen LogP contribution in [0.2, 0.25) is 0 Å². The van der Waals surface area contributed by atoms with Crippen molar-refractivity contribution in [2.75, 3.05) is 0 Å². The second kappa shape index (κ2) is 3.58. The molecule has 0 aliphatic heterocycles. The molecule has 1 radical (unpaired) electrons. The first kappa shape index (κ1) is 8.88. The molecule has 14 heavy (non-hydrogen) atoms. The maximum Gasteiger partial charge on any atom is 0.212 e. The zero-order valence-corrected chi connectivity index (χ0v) is 7.79. The molecule has 0 fully saturated rings. The molecule has 69 valence electrons. The molecule has 1 aromatic carbocycles. The largest absolute Gasteiger partial charge is 0.228 e. The van der Waals surface area contributed by atoms with E-state index in [0.29, 0.717) is 0 Å². The molecule has 0 bridgehead atoms. The fourth-order valence-corrected chi connectivity index (χ4v) is 1.30. The van der Waals surface area contributed by atoms with Crippen LogP contribution in [0.4, 0.5) is 4.39 Å². The van der Waals surface area contributed by atoms with Gasteiger partial charge in [0.05, 0.1) is 0 Å². The Bertz CT molecular complexity index is 434. The van der Waals surface area contributed by atoms with Gasteiger partial charge in [-0.2, -0.15) is 4.39 Å². The molecular weight excluding hydrogens is 177 g/mol. The van der Waals surface area contributed by atoms with E-state index in [9.17, 15) is 4.39 Å². The number of aromatic nitrogens is 1. The Morgan fingerprint density at radius 1 is 1.21 bits per heavy atom. The normalized spacial score (nSPS) is 10.1. The quantitative estimate of drug-likeness (QED) is 0.624. The van der Waals surface area contributed by atoms with Crippen LogP contribution in [0.1, 0.15) is 5.56 Å². The summed E-state index contributed by atoms with van der Waals surface area (Å²) >= 11 is 0. The zero-order valence-electron chi connectivity index (χ0n) is 7.79. The van der Waals surface area contributed by atoms with E-state index in [0.717, 1.165) is 16.7 Å². The summed E-state index contributed by atoms with van der Waals surface area (Å²) in [6.45, 7) is 2.00. The first-order valence-corrected chi connectivity index (χ1v) is 4.35. The minimum atomic E-state index is -0.453. The number of hydrogen-bond donors (Lipinski definition) is 0. The third-order valence-electron chi connectivity index (χ3n) is 1.99. The van der Waals surface area contributed by atoms with Gasteiger partial charge >= 0.3 is 0 Å². The molecule has 0 spiro atoms. The summed E-state index contributed by atoms with van der Waals surface area (Å²) in [6, 6.07) is 11.9. The van der Waals surface area contributed by atoms with Crippen molar-refractivity contribution in [1.82, 2.24) is 4.98 Å². The van der Waals surface area contributed by atoms with E-state index in [4.69, 9.17) is 0 Å². The minimum Gasteiger partial charge on any atom is -0.228 e. The number of aryl methyl sites for hydroxylation is 1. The Hall–Kier alpha value is -1.70. The van der Waals surface area contributed by atoms with Gasteiger partial charge in [-0.1, -0.05) is 12.1 Å². The molecule has 0 N–H and O–H groups in total. The molecule has 0 atom stereocenters. The van der Waals surface area contributed by atoms with Gasteiger partial charge < -0.3 is 0 Å². The number of halogens is 1. The third kappa shape index (κ3) is 1.79. The van der Waals surface area contributed by atoms with Crippen LogP contribution in [0, 0.1) is 18.9 Å². The fraction of sp³-hybridized carbons (Fsp3) is 0.0833. The number of rotatable bonds is 1. The molecule has 0 aliphatic carbocycles. The number of nitrogens with zero attached hydrogens (tertiary/aromatic N) is 1. The Morgan fingerprint density at radius 2 is 2.07 bits per heavy atom. The molecule has 0 saturated heterocycles. The summed E-state index contributed by atoms with van der Waals surface area (Å²) < 4.78 is 12.6. The molecule has 1 heterocycles. The molecule has 0 aliphatic rings. The SMILES string of the molecule is Cc1c[c]cc(-c2ccc(F)nc2)c1. The van der Waals surface area contributed by atoms with Crippen LogP contribution in [0.25, 0.3) is 11.1 Å². The maximum absolute atomic E-state index is 12.6. The van der Waals surface area contributed by atoms with E-state index in [1.165, 1.54) is 12.3 Å². The van der Waals surface area contributed by atoms with Crippen molar-refractivity contribution in [3.63, 3.8) is 0 Å². The molecule has 1 aromatic heterocycles. The monoisotopic (exact) mass is 186 g/mol. The smallest absolute Gasteiger partial charge is 0.212 e. The lowest BCUT2D eigenvalue weighted by molar-refractivity contribution is 0.584. The van der Waals surface area contributed by atoms with E-state index in [2.05, 4.69) is 11.1 Å². The summed E-state index contributed by atoms with van der Waals surface area (Å²) in [4.78, 5) is 3.60. The second-order valence-electron chi connectivity index (χ2n) is 3.17. The molecule has 1 nitrogen and oxygen atoms in total. The van der Waals surface area contributed by atoms with E-state index < -0.39 is 5.95 Å². The van der Waals surface area contributed by atoms with Gasteiger partial charge in [0.15, 0.2) is 0 Å². The van der Waals surface area contributed by atoms with Crippen molar-refractivity contribution in [3.05, 3.63) is 54.1 Å². The van der Waals surface area contributed by atoms with Gasteiger partial charge in [0, 0.05) is 11.8 Å². The zero-order chi connectivity index (χ0) is 9.97. The van der Waals surface area contributed by atoms with Crippen molar-refractivity contribution in [1.29, 1.82) is 0 Å². The van der Waals surface area contributed by atoms with Crippen molar-refractivity contribution < 1.29 is 4.39 Å². The predicted molar refractivity (Wildman–Crippen MR) is 53.2 cm³/mol. The molecule has 2 aromatic rings. The van der Waals surface area contributed by atoms with Crippen molar-refractivity contribution >= 4 is 0 Å². The fourth-order valence-electron chi connectivity index (χ4n) is 1.30.